The quantitative estimate of drug-likeness (QED) is 0.502. The van der Waals surface area contributed by atoms with E-state index in [-0.39, 0.29) is 22.8 Å². The maximum Gasteiger partial charge on any atom is 0.262 e. The van der Waals surface area contributed by atoms with Crippen LogP contribution in [0.2, 0.25) is 5.02 Å². The average Bonchev–Trinajstić information content (AvgIpc) is 2.47. The number of hydrogen-bond acceptors (Lipinski definition) is 4. The summed E-state index contributed by atoms with van der Waals surface area (Å²) in [4.78, 5) is 29.2. The van der Waals surface area contributed by atoms with Gasteiger partial charge in [-0.3, -0.25) is 14.2 Å². The van der Waals surface area contributed by atoms with Crippen molar-refractivity contribution in [2.75, 3.05) is 5.75 Å². The van der Waals surface area contributed by atoms with Gasteiger partial charge in [0.25, 0.3) is 5.56 Å². The fourth-order valence-electron chi connectivity index (χ4n) is 2.16. The Hall–Kier alpha value is -1.79. The number of carbonyl (C=O) groups excluding carboxylic acids is 1. The second-order valence-electron chi connectivity index (χ2n) is 6.35. The van der Waals surface area contributed by atoms with Crippen molar-refractivity contribution in [3.05, 3.63) is 46.2 Å². The summed E-state index contributed by atoms with van der Waals surface area (Å²) in [5.41, 5.74) is 0.0657. The van der Waals surface area contributed by atoms with Gasteiger partial charge in [0.1, 0.15) is 0 Å². The summed E-state index contributed by atoms with van der Waals surface area (Å²) in [7, 11) is 0. The molecule has 0 atom stereocenters. The largest absolute Gasteiger partial charge is 0.351 e. The highest BCUT2D eigenvalue weighted by Crippen LogP contribution is 2.20. The molecule has 0 aliphatic rings. The molecule has 24 heavy (non-hydrogen) atoms. The van der Waals surface area contributed by atoms with Crippen molar-refractivity contribution in [3.8, 4) is 0 Å². The minimum Gasteiger partial charge on any atom is -0.351 e. The first-order chi connectivity index (χ1) is 11.2. The molecule has 1 amide bonds. The smallest absolute Gasteiger partial charge is 0.262 e. The number of benzene rings is 1. The number of rotatable bonds is 5. The van der Waals surface area contributed by atoms with Crippen LogP contribution in [0.25, 0.3) is 10.9 Å². The van der Waals surface area contributed by atoms with Crippen LogP contribution in [0.1, 0.15) is 20.8 Å². The van der Waals surface area contributed by atoms with Crippen LogP contribution in [0.4, 0.5) is 0 Å². The van der Waals surface area contributed by atoms with Crippen molar-refractivity contribution in [2.24, 2.45) is 0 Å². The van der Waals surface area contributed by atoms with Gasteiger partial charge >= 0.3 is 0 Å². The van der Waals surface area contributed by atoms with Gasteiger partial charge < -0.3 is 5.32 Å². The monoisotopic (exact) mass is 365 g/mol. The zero-order valence-corrected chi connectivity index (χ0v) is 15.5. The van der Waals surface area contributed by atoms with Crippen molar-refractivity contribution in [2.45, 2.75) is 38.0 Å². The highest BCUT2D eigenvalue weighted by molar-refractivity contribution is 7.99. The molecule has 1 N–H and O–H groups in total. The summed E-state index contributed by atoms with van der Waals surface area (Å²) in [5.74, 6) is 0.0723. The SMILES string of the molecule is C=CCn1c(SCC(=O)NC(C)(C)C)nc2ccc(Cl)cc2c1=O. The lowest BCUT2D eigenvalue weighted by Crippen LogP contribution is -2.41. The summed E-state index contributed by atoms with van der Waals surface area (Å²) < 4.78 is 1.50. The van der Waals surface area contributed by atoms with Crippen LogP contribution in [0, 0.1) is 0 Å². The Balaban J connectivity index is 2.36. The van der Waals surface area contributed by atoms with E-state index in [0.717, 1.165) is 0 Å². The van der Waals surface area contributed by atoms with Gasteiger partial charge in [0.15, 0.2) is 5.16 Å². The standard InChI is InChI=1S/C17H20ClN3O2S/c1-5-8-21-15(23)12-9-11(18)6-7-13(12)19-16(21)24-10-14(22)20-17(2,3)4/h5-7,9H,1,8,10H2,2-4H3,(H,20,22). The fraction of sp³-hybridized carbons (Fsp3) is 0.353. The normalized spacial score (nSPS) is 11.5. The number of allylic oxidation sites excluding steroid dienone is 1. The molecule has 1 aromatic carbocycles. The number of amides is 1. The molecule has 7 heteroatoms. The third kappa shape index (κ3) is 4.61. The molecule has 0 saturated carbocycles. The first kappa shape index (κ1) is 18.5. The molecule has 1 heterocycles. The second kappa shape index (κ2) is 7.40. The lowest BCUT2D eigenvalue weighted by atomic mass is 10.1. The van der Waals surface area contributed by atoms with E-state index < -0.39 is 0 Å². The first-order valence-electron chi connectivity index (χ1n) is 7.46. The number of halogens is 1. The van der Waals surface area contributed by atoms with Crippen molar-refractivity contribution < 1.29 is 4.79 Å². The zero-order chi connectivity index (χ0) is 17.9. The number of fused-ring (bicyclic) bond motifs is 1. The predicted molar refractivity (Wildman–Crippen MR) is 99.8 cm³/mol. The Morgan fingerprint density at radius 1 is 1.46 bits per heavy atom. The maximum absolute atomic E-state index is 12.7. The minimum absolute atomic E-state index is 0.108. The van der Waals surface area contributed by atoms with Gasteiger partial charge in [-0.05, 0) is 39.0 Å². The molecule has 0 aliphatic heterocycles. The van der Waals surface area contributed by atoms with Gasteiger partial charge in [0.2, 0.25) is 5.91 Å². The van der Waals surface area contributed by atoms with E-state index in [4.69, 9.17) is 11.6 Å². The Labute approximate surface area is 150 Å². The van der Waals surface area contributed by atoms with Crippen LogP contribution in [-0.2, 0) is 11.3 Å². The van der Waals surface area contributed by atoms with Crippen LogP contribution in [-0.4, -0.2) is 26.8 Å². The molecule has 5 nitrogen and oxygen atoms in total. The maximum atomic E-state index is 12.7. The van der Waals surface area contributed by atoms with E-state index in [9.17, 15) is 9.59 Å². The Bertz CT molecular complexity index is 840. The third-order valence-electron chi connectivity index (χ3n) is 3.04. The van der Waals surface area contributed by atoms with E-state index in [1.165, 1.54) is 16.3 Å². The topological polar surface area (TPSA) is 64.0 Å². The van der Waals surface area contributed by atoms with Gasteiger partial charge in [-0.15, -0.1) is 6.58 Å². The summed E-state index contributed by atoms with van der Waals surface area (Å²) in [6.45, 7) is 9.75. The van der Waals surface area contributed by atoms with Gasteiger partial charge in [-0.2, -0.15) is 0 Å². The number of nitrogens with zero attached hydrogens (tertiary/aromatic N) is 2. The van der Waals surface area contributed by atoms with E-state index >= 15 is 0 Å². The zero-order valence-electron chi connectivity index (χ0n) is 13.9. The molecule has 2 rings (SSSR count). The average molecular weight is 366 g/mol. The van der Waals surface area contributed by atoms with E-state index in [1.54, 1.807) is 24.3 Å². The van der Waals surface area contributed by atoms with Crippen LogP contribution in [0.3, 0.4) is 0 Å². The van der Waals surface area contributed by atoms with Gasteiger partial charge in [-0.25, -0.2) is 4.98 Å². The molecular formula is C17H20ClN3O2S. The van der Waals surface area contributed by atoms with Crippen molar-refractivity contribution in [1.29, 1.82) is 0 Å². The molecular weight excluding hydrogens is 346 g/mol. The van der Waals surface area contributed by atoms with Gasteiger partial charge in [0, 0.05) is 17.1 Å². The summed E-state index contributed by atoms with van der Waals surface area (Å²) >= 11 is 7.20. The van der Waals surface area contributed by atoms with Crippen LogP contribution in [0.5, 0.6) is 0 Å². The molecule has 0 aliphatic carbocycles. The van der Waals surface area contributed by atoms with Crippen LogP contribution >= 0.6 is 23.4 Å². The fourth-order valence-corrected chi connectivity index (χ4v) is 3.14. The van der Waals surface area contributed by atoms with Gasteiger partial charge in [0.05, 0.1) is 16.7 Å². The molecule has 0 saturated heterocycles. The molecule has 1 aromatic heterocycles. The van der Waals surface area contributed by atoms with Crippen molar-refractivity contribution >= 4 is 40.2 Å². The first-order valence-corrected chi connectivity index (χ1v) is 8.82. The summed E-state index contributed by atoms with van der Waals surface area (Å²) in [6, 6.07) is 5.00. The minimum atomic E-state index is -0.300. The Morgan fingerprint density at radius 2 is 2.17 bits per heavy atom. The van der Waals surface area contributed by atoms with Crippen LogP contribution < -0.4 is 10.9 Å². The predicted octanol–water partition coefficient (Wildman–Crippen LogP) is 3.24. The molecule has 128 valence electrons. The number of carbonyl (C=O) groups is 1. The number of nitrogens with one attached hydrogen (secondary N) is 1. The van der Waals surface area contributed by atoms with Crippen LogP contribution in [0.15, 0.2) is 40.8 Å². The second-order valence-corrected chi connectivity index (χ2v) is 7.73. The summed E-state index contributed by atoms with van der Waals surface area (Å²) in [6.07, 6.45) is 1.62. The molecule has 2 aromatic rings. The lowest BCUT2D eigenvalue weighted by molar-refractivity contribution is -0.119. The van der Waals surface area contributed by atoms with Crippen molar-refractivity contribution in [3.63, 3.8) is 0 Å². The molecule has 0 unspecified atom stereocenters. The molecule has 0 spiro atoms. The van der Waals surface area contributed by atoms with Gasteiger partial charge in [-0.1, -0.05) is 29.4 Å². The number of aromatic nitrogens is 2. The summed E-state index contributed by atoms with van der Waals surface area (Å²) in [5, 5.41) is 4.31. The molecule has 0 bridgehead atoms. The van der Waals surface area contributed by atoms with E-state index in [1.807, 2.05) is 20.8 Å². The Morgan fingerprint density at radius 3 is 2.79 bits per heavy atom. The highest BCUT2D eigenvalue weighted by atomic mass is 35.5. The number of thioether (sulfide) groups is 1. The lowest BCUT2D eigenvalue weighted by Gasteiger charge is -2.20. The van der Waals surface area contributed by atoms with E-state index in [0.29, 0.717) is 27.6 Å². The van der Waals surface area contributed by atoms with E-state index in [2.05, 4.69) is 16.9 Å². The van der Waals surface area contributed by atoms with Crippen molar-refractivity contribution in [1.82, 2.24) is 14.9 Å². The molecule has 0 fully saturated rings. The molecule has 0 radical (unpaired) electrons. The third-order valence-corrected chi connectivity index (χ3v) is 4.25. The highest BCUT2D eigenvalue weighted by Gasteiger charge is 2.16. The Kier molecular flexibility index (Phi) is 5.72. The number of hydrogen-bond donors (Lipinski definition) is 1.